The van der Waals surface area contributed by atoms with E-state index < -0.39 is 3.68 Å². The van der Waals surface area contributed by atoms with Crippen molar-refractivity contribution >= 4 is 22.6 Å². The Balaban J connectivity index is 2.59. The van der Waals surface area contributed by atoms with Gasteiger partial charge in [0.25, 0.3) is 0 Å². The topological polar surface area (TPSA) is 0 Å². The first-order valence-electron chi connectivity index (χ1n) is 3.98. The zero-order valence-corrected chi connectivity index (χ0v) is 8.82. The number of halogens is 2. The standard InChI is InChI=1S/C9H12FI/c1-8-4-2-3-6-9(10,11)7-5-8/h8H,2,4-5,7H2,1H3. The van der Waals surface area contributed by atoms with Crippen LogP contribution in [0, 0.1) is 17.8 Å². The van der Waals surface area contributed by atoms with E-state index in [-0.39, 0.29) is 0 Å². The monoisotopic (exact) mass is 266 g/mol. The molecule has 0 saturated carbocycles. The maximum atomic E-state index is 13.3. The Kier molecular flexibility index (Phi) is 3.17. The van der Waals surface area contributed by atoms with Gasteiger partial charge in [-0.25, -0.2) is 4.39 Å². The van der Waals surface area contributed by atoms with Crippen LogP contribution in [-0.4, -0.2) is 3.68 Å². The van der Waals surface area contributed by atoms with Crippen LogP contribution in [0.5, 0.6) is 0 Å². The molecule has 0 fully saturated rings. The second kappa shape index (κ2) is 3.75. The van der Waals surface area contributed by atoms with Crippen LogP contribution in [0.4, 0.5) is 4.39 Å². The predicted molar refractivity (Wildman–Crippen MR) is 53.3 cm³/mol. The van der Waals surface area contributed by atoms with E-state index in [0.717, 1.165) is 19.3 Å². The van der Waals surface area contributed by atoms with Gasteiger partial charge in [-0.05, 0) is 41.4 Å². The molecule has 0 nitrogen and oxygen atoms in total. The largest absolute Gasteiger partial charge is 0.220 e. The van der Waals surface area contributed by atoms with Gasteiger partial charge in [-0.15, -0.1) is 0 Å². The minimum Gasteiger partial charge on any atom is -0.218 e. The molecule has 0 saturated heterocycles. The molecule has 0 aromatic rings. The highest BCUT2D eigenvalue weighted by Crippen LogP contribution is 2.30. The molecule has 0 spiro atoms. The van der Waals surface area contributed by atoms with E-state index in [9.17, 15) is 4.39 Å². The van der Waals surface area contributed by atoms with Crippen LogP contribution in [0.1, 0.15) is 32.6 Å². The molecule has 2 heteroatoms. The molecule has 11 heavy (non-hydrogen) atoms. The van der Waals surface area contributed by atoms with Gasteiger partial charge in [-0.3, -0.25) is 0 Å². The number of hydrogen-bond acceptors (Lipinski definition) is 0. The molecule has 62 valence electrons. The summed E-state index contributed by atoms with van der Waals surface area (Å²) >= 11 is 1.80. The highest BCUT2D eigenvalue weighted by molar-refractivity contribution is 14.1. The fourth-order valence-corrected chi connectivity index (χ4v) is 1.65. The molecule has 1 rings (SSSR count). The highest BCUT2D eigenvalue weighted by atomic mass is 127. The van der Waals surface area contributed by atoms with Crippen molar-refractivity contribution in [1.29, 1.82) is 0 Å². The van der Waals surface area contributed by atoms with E-state index in [1.54, 1.807) is 22.6 Å². The molecule has 0 N–H and O–H groups in total. The molecule has 0 radical (unpaired) electrons. The van der Waals surface area contributed by atoms with Crippen LogP contribution in [0.15, 0.2) is 0 Å². The lowest BCUT2D eigenvalue weighted by atomic mass is 9.96. The third kappa shape index (κ3) is 3.42. The van der Waals surface area contributed by atoms with Gasteiger partial charge >= 0.3 is 0 Å². The SMILES string of the molecule is CC1CCC#CC(F)(I)CC1. The fraction of sp³-hybridized carbons (Fsp3) is 0.778. The van der Waals surface area contributed by atoms with E-state index in [4.69, 9.17) is 0 Å². The van der Waals surface area contributed by atoms with Crippen LogP contribution in [-0.2, 0) is 0 Å². The molecular formula is C9H12FI. The molecule has 1 aliphatic rings. The van der Waals surface area contributed by atoms with Gasteiger partial charge in [0.1, 0.15) is 0 Å². The lowest BCUT2D eigenvalue weighted by molar-refractivity contribution is 0.329. The first kappa shape index (κ1) is 9.31. The van der Waals surface area contributed by atoms with Gasteiger partial charge in [0.2, 0.25) is 3.68 Å². The van der Waals surface area contributed by atoms with Gasteiger partial charge in [0.05, 0.1) is 0 Å². The van der Waals surface area contributed by atoms with Crippen molar-refractivity contribution in [3.8, 4) is 11.8 Å². The fourth-order valence-electron chi connectivity index (χ4n) is 1.14. The second-order valence-corrected chi connectivity index (χ2v) is 4.90. The van der Waals surface area contributed by atoms with Crippen molar-refractivity contribution in [2.45, 2.75) is 36.3 Å². The third-order valence-corrected chi connectivity index (χ3v) is 2.79. The Morgan fingerprint density at radius 3 is 3.00 bits per heavy atom. The molecule has 2 atom stereocenters. The average Bonchev–Trinajstić information content (AvgIpc) is 1.92. The number of rotatable bonds is 0. The van der Waals surface area contributed by atoms with E-state index in [1.807, 2.05) is 0 Å². The normalized spacial score (nSPS) is 38.3. The summed E-state index contributed by atoms with van der Waals surface area (Å²) in [5, 5.41) is 0. The van der Waals surface area contributed by atoms with Crippen LogP contribution in [0.3, 0.4) is 0 Å². The van der Waals surface area contributed by atoms with Crippen LogP contribution >= 0.6 is 22.6 Å². The third-order valence-electron chi connectivity index (χ3n) is 1.98. The van der Waals surface area contributed by atoms with Gasteiger partial charge in [0.15, 0.2) is 0 Å². The van der Waals surface area contributed by atoms with Crippen molar-refractivity contribution in [1.82, 2.24) is 0 Å². The lowest BCUT2D eigenvalue weighted by Gasteiger charge is -2.17. The summed E-state index contributed by atoms with van der Waals surface area (Å²) in [6.07, 6.45) is 3.53. The Labute approximate surface area is 81.1 Å². The summed E-state index contributed by atoms with van der Waals surface area (Å²) < 4.78 is 12.0. The van der Waals surface area contributed by atoms with Crippen molar-refractivity contribution in [2.24, 2.45) is 5.92 Å². The predicted octanol–water partition coefficient (Wildman–Crippen LogP) is 3.30. The van der Waals surface area contributed by atoms with E-state index in [2.05, 4.69) is 18.8 Å². The van der Waals surface area contributed by atoms with Gasteiger partial charge < -0.3 is 0 Å². The van der Waals surface area contributed by atoms with Crippen molar-refractivity contribution in [3.05, 3.63) is 0 Å². The van der Waals surface area contributed by atoms with Gasteiger partial charge in [0, 0.05) is 12.8 Å². The zero-order valence-electron chi connectivity index (χ0n) is 6.66. The molecular weight excluding hydrogens is 254 g/mol. The molecule has 0 amide bonds. The van der Waals surface area contributed by atoms with Crippen molar-refractivity contribution < 1.29 is 4.39 Å². The smallest absolute Gasteiger partial charge is 0.218 e. The molecule has 1 aliphatic carbocycles. The van der Waals surface area contributed by atoms with Gasteiger partial charge in [-0.2, -0.15) is 0 Å². The summed E-state index contributed by atoms with van der Waals surface area (Å²) in [7, 11) is 0. The number of hydrogen-bond donors (Lipinski definition) is 0. The zero-order chi connectivity index (χ0) is 8.32. The Bertz CT molecular complexity index is 187. The number of alkyl halides is 2. The lowest BCUT2D eigenvalue weighted by Crippen LogP contribution is -2.13. The first-order chi connectivity index (χ1) is 5.10. The van der Waals surface area contributed by atoms with E-state index >= 15 is 0 Å². The van der Waals surface area contributed by atoms with Crippen molar-refractivity contribution in [2.75, 3.05) is 0 Å². The van der Waals surface area contributed by atoms with Gasteiger partial charge in [-0.1, -0.05) is 18.8 Å². The molecule has 2 unspecified atom stereocenters. The second-order valence-electron chi connectivity index (χ2n) is 3.19. The molecule has 0 bridgehead atoms. The first-order valence-corrected chi connectivity index (χ1v) is 5.06. The van der Waals surface area contributed by atoms with Crippen LogP contribution in [0.2, 0.25) is 0 Å². The van der Waals surface area contributed by atoms with Crippen molar-refractivity contribution in [3.63, 3.8) is 0 Å². The Morgan fingerprint density at radius 2 is 2.27 bits per heavy atom. The molecule has 0 aromatic heterocycles. The maximum Gasteiger partial charge on any atom is 0.220 e. The summed E-state index contributed by atoms with van der Waals surface area (Å²) in [5.74, 6) is 6.16. The quantitative estimate of drug-likeness (QED) is 0.358. The summed E-state index contributed by atoms with van der Waals surface area (Å²) in [6.45, 7) is 2.17. The maximum absolute atomic E-state index is 13.3. The summed E-state index contributed by atoms with van der Waals surface area (Å²) in [5.41, 5.74) is 0. The molecule has 0 aromatic carbocycles. The van der Waals surface area contributed by atoms with Crippen LogP contribution in [0.25, 0.3) is 0 Å². The van der Waals surface area contributed by atoms with E-state index in [1.165, 1.54) is 0 Å². The molecule has 0 aliphatic heterocycles. The summed E-state index contributed by atoms with van der Waals surface area (Å²) in [6, 6.07) is 0. The summed E-state index contributed by atoms with van der Waals surface area (Å²) in [4.78, 5) is 0. The van der Waals surface area contributed by atoms with E-state index in [0.29, 0.717) is 12.3 Å². The van der Waals surface area contributed by atoms with Crippen LogP contribution < -0.4 is 0 Å². The molecule has 0 heterocycles. The Morgan fingerprint density at radius 1 is 1.55 bits per heavy atom. The highest BCUT2D eigenvalue weighted by Gasteiger charge is 2.23. The minimum atomic E-state index is -1.26. The average molecular weight is 266 g/mol. The minimum absolute atomic E-state index is 0.585. The Hall–Kier alpha value is 0.220.